The molecule has 0 rings (SSSR count). The van der Waals surface area contributed by atoms with Gasteiger partial charge in [0.05, 0.1) is 25.4 Å². The van der Waals surface area contributed by atoms with E-state index in [1.807, 2.05) is 0 Å². The van der Waals surface area contributed by atoms with Gasteiger partial charge in [-0.1, -0.05) is 351 Å². The number of allylic oxidation sites excluding steroid dienone is 8. The number of carbonyl (C=O) groups excluding carboxylic acids is 2. The van der Waals surface area contributed by atoms with Gasteiger partial charge in [-0.15, -0.1) is 0 Å². The van der Waals surface area contributed by atoms with Crippen molar-refractivity contribution in [3.05, 3.63) is 48.6 Å². The van der Waals surface area contributed by atoms with Crippen LogP contribution in [0.3, 0.4) is 0 Å². The largest absolute Gasteiger partial charge is 0.466 e. The van der Waals surface area contributed by atoms with E-state index in [-0.39, 0.29) is 18.5 Å². The van der Waals surface area contributed by atoms with Crippen molar-refractivity contribution >= 4 is 11.9 Å². The van der Waals surface area contributed by atoms with Crippen molar-refractivity contribution in [2.45, 2.75) is 418 Å². The maximum atomic E-state index is 12.4. The molecule has 0 aliphatic heterocycles. The van der Waals surface area contributed by atoms with Crippen molar-refractivity contribution in [3.8, 4) is 0 Å². The summed E-state index contributed by atoms with van der Waals surface area (Å²) in [5.74, 6) is -0.0198. The number of carbonyl (C=O) groups is 2. The van der Waals surface area contributed by atoms with Gasteiger partial charge in [-0.05, 0) is 89.9 Å². The fourth-order valence-electron chi connectivity index (χ4n) is 11.6. The molecular formula is C77H145NO5. The average Bonchev–Trinajstić information content (AvgIpc) is 3.49. The molecule has 0 bridgehead atoms. The molecule has 3 N–H and O–H groups in total. The van der Waals surface area contributed by atoms with Gasteiger partial charge >= 0.3 is 5.97 Å². The first-order valence-electron chi connectivity index (χ1n) is 37.4. The average molecular weight is 1170 g/mol. The minimum atomic E-state index is -0.660. The summed E-state index contributed by atoms with van der Waals surface area (Å²) in [6.07, 6.45) is 94.9. The number of hydrogen-bond donors (Lipinski definition) is 3. The van der Waals surface area contributed by atoms with E-state index in [0.29, 0.717) is 25.9 Å². The first-order valence-corrected chi connectivity index (χ1v) is 37.4. The molecule has 0 saturated carbocycles. The van der Waals surface area contributed by atoms with Gasteiger partial charge in [-0.25, -0.2) is 0 Å². The monoisotopic (exact) mass is 1160 g/mol. The van der Waals surface area contributed by atoms with Crippen LogP contribution in [-0.4, -0.2) is 47.4 Å². The highest BCUT2D eigenvalue weighted by Gasteiger charge is 2.20. The molecule has 0 aromatic rings. The maximum Gasteiger partial charge on any atom is 0.305 e. The summed E-state index contributed by atoms with van der Waals surface area (Å²) < 4.78 is 5.51. The Hall–Kier alpha value is -2.18. The molecule has 2 atom stereocenters. The van der Waals surface area contributed by atoms with Crippen LogP contribution in [0.1, 0.15) is 406 Å². The molecule has 0 heterocycles. The quantitative estimate of drug-likeness (QED) is 0.0320. The smallest absolute Gasteiger partial charge is 0.305 e. The Morgan fingerprint density at radius 2 is 0.602 bits per heavy atom. The summed E-state index contributed by atoms with van der Waals surface area (Å²) in [7, 11) is 0. The lowest BCUT2D eigenvalue weighted by molar-refractivity contribution is -0.143. The zero-order valence-electron chi connectivity index (χ0n) is 55.9. The van der Waals surface area contributed by atoms with Crippen LogP contribution in [-0.2, 0) is 14.3 Å². The van der Waals surface area contributed by atoms with Crippen LogP contribution in [0.4, 0.5) is 0 Å². The standard InChI is InChI=1S/C77H145NO5/c1-3-5-7-9-11-13-14-15-16-17-42-45-48-51-55-59-63-67-71-77(82)83-72-68-64-60-56-52-49-46-43-40-38-36-34-32-30-28-26-24-22-20-18-19-21-23-25-27-29-31-33-35-37-39-41-44-47-50-54-58-62-66-70-76(81)78-74(73-79)75(80)69-65-61-57-53-12-10-8-6-4-2/h13-14,16-19,22,24,74-75,79-80H,3-12,15,20-21,23,25-73H2,1-2H3,(H,78,81)/b14-13-,17-16-,19-18-,24-22-. The third-order valence-electron chi connectivity index (χ3n) is 17.4. The SMILES string of the molecule is CCCCCC/C=C\C/C=C\CCCCCCCCCC(=O)OCCCCCCCCCCCCCCCCC/C=C\C/C=C\CCCCCCCCCCCCCCCCCCCC(=O)NC(CO)C(O)CCCCCCCCCCC. The molecule has 488 valence electrons. The molecule has 6 heteroatoms. The number of esters is 1. The Morgan fingerprint density at radius 3 is 0.928 bits per heavy atom. The Labute approximate surface area is 518 Å². The molecule has 0 fully saturated rings. The molecule has 0 aliphatic carbocycles. The van der Waals surface area contributed by atoms with Crippen LogP contribution < -0.4 is 5.32 Å². The second kappa shape index (κ2) is 72.3. The van der Waals surface area contributed by atoms with Gasteiger partial charge in [-0.2, -0.15) is 0 Å². The van der Waals surface area contributed by atoms with E-state index in [1.165, 1.54) is 315 Å². The summed E-state index contributed by atoms with van der Waals surface area (Å²) in [5, 5.41) is 23.2. The van der Waals surface area contributed by atoms with Crippen LogP contribution >= 0.6 is 0 Å². The molecule has 0 spiro atoms. The highest BCUT2D eigenvalue weighted by Crippen LogP contribution is 2.19. The predicted molar refractivity (Wildman–Crippen MR) is 366 cm³/mol. The van der Waals surface area contributed by atoms with E-state index in [9.17, 15) is 19.8 Å². The van der Waals surface area contributed by atoms with Gasteiger partial charge in [0.2, 0.25) is 5.91 Å². The highest BCUT2D eigenvalue weighted by atomic mass is 16.5. The van der Waals surface area contributed by atoms with Crippen LogP contribution in [0.25, 0.3) is 0 Å². The summed E-state index contributed by atoms with van der Waals surface area (Å²) in [4.78, 5) is 24.5. The lowest BCUT2D eigenvalue weighted by Gasteiger charge is -2.22. The van der Waals surface area contributed by atoms with E-state index >= 15 is 0 Å². The maximum absolute atomic E-state index is 12.4. The normalized spacial score (nSPS) is 12.8. The summed E-state index contributed by atoms with van der Waals surface area (Å²) in [6.45, 7) is 4.94. The molecule has 0 saturated heterocycles. The van der Waals surface area contributed by atoms with Gasteiger partial charge in [0.15, 0.2) is 0 Å². The fraction of sp³-hybridized carbons (Fsp3) is 0.870. The topological polar surface area (TPSA) is 95.9 Å². The van der Waals surface area contributed by atoms with Crippen molar-refractivity contribution in [2.75, 3.05) is 13.2 Å². The fourth-order valence-corrected chi connectivity index (χ4v) is 11.6. The number of rotatable bonds is 70. The number of hydrogen-bond acceptors (Lipinski definition) is 5. The second-order valence-electron chi connectivity index (χ2n) is 25.6. The third-order valence-corrected chi connectivity index (χ3v) is 17.4. The Balaban J connectivity index is 3.32. The molecule has 6 nitrogen and oxygen atoms in total. The van der Waals surface area contributed by atoms with E-state index in [2.05, 4.69) is 67.8 Å². The minimum absolute atomic E-state index is 0.0131. The summed E-state index contributed by atoms with van der Waals surface area (Å²) in [5.41, 5.74) is 0. The van der Waals surface area contributed by atoms with Gasteiger partial charge in [0, 0.05) is 12.8 Å². The highest BCUT2D eigenvalue weighted by molar-refractivity contribution is 5.76. The van der Waals surface area contributed by atoms with Gasteiger partial charge in [0.25, 0.3) is 0 Å². The first kappa shape index (κ1) is 80.8. The molecule has 0 aromatic heterocycles. The third kappa shape index (κ3) is 68.8. The van der Waals surface area contributed by atoms with Crippen LogP contribution in [0.15, 0.2) is 48.6 Å². The number of unbranched alkanes of at least 4 members (excludes halogenated alkanes) is 51. The van der Waals surface area contributed by atoms with Crippen LogP contribution in [0.2, 0.25) is 0 Å². The minimum Gasteiger partial charge on any atom is -0.466 e. The van der Waals surface area contributed by atoms with E-state index in [0.717, 1.165) is 57.8 Å². The van der Waals surface area contributed by atoms with Crippen molar-refractivity contribution in [2.24, 2.45) is 0 Å². The molecule has 0 aliphatic rings. The molecule has 0 radical (unpaired) electrons. The van der Waals surface area contributed by atoms with Crippen LogP contribution in [0, 0.1) is 0 Å². The zero-order chi connectivity index (χ0) is 59.9. The summed E-state index contributed by atoms with van der Waals surface area (Å²) in [6, 6.07) is -0.537. The van der Waals surface area contributed by atoms with Gasteiger partial charge < -0.3 is 20.3 Å². The summed E-state index contributed by atoms with van der Waals surface area (Å²) >= 11 is 0. The van der Waals surface area contributed by atoms with Crippen molar-refractivity contribution in [3.63, 3.8) is 0 Å². The molecular weight excluding hydrogens is 1020 g/mol. The number of nitrogens with one attached hydrogen (secondary N) is 1. The molecule has 1 amide bonds. The predicted octanol–water partition coefficient (Wildman–Crippen LogP) is 24.4. The van der Waals surface area contributed by atoms with Crippen molar-refractivity contribution in [1.82, 2.24) is 5.32 Å². The molecule has 0 aromatic carbocycles. The second-order valence-corrected chi connectivity index (χ2v) is 25.6. The van der Waals surface area contributed by atoms with Gasteiger partial charge in [-0.3, -0.25) is 9.59 Å². The zero-order valence-corrected chi connectivity index (χ0v) is 55.9. The van der Waals surface area contributed by atoms with E-state index < -0.39 is 12.1 Å². The van der Waals surface area contributed by atoms with Crippen molar-refractivity contribution in [1.29, 1.82) is 0 Å². The number of amides is 1. The van der Waals surface area contributed by atoms with Crippen LogP contribution in [0.5, 0.6) is 0 Å². The Morgan fingerprint density at radius 1 is 0.337 bits per heavy atom. The first-order chi connectivity index (χ1) is 41.0. The van der Waals surface area contributed by atoms with Crippen molar-refractivity contribution < 1.29 is 24.5 Å². The van der Waals surface area contributed by atoms with E-state index in [1.54, 1.807) is 0 Å². The number of aliphatic hydroxyl groups excluding tert-OH is 2. The Bertz CT molecular complexity index is 1390. The molecule has 2 unspecified atom stereocenters. The van der Waals surface area contributed by atoms with Gasteiger partial charge in [0.1, 0.15) is 0 Å². The van der Waals surface area contributed by atoms with E-state index in [4.69, 9.17) is 4.74 Å². The number of aliphatic hydroxyl groups is 2. The lowest BCUT2D eigenvalue weighted by atomic mass is 10.0. The number of ether oxygens (including phenoxy) is 1. The lowest BCUT2D eigenvalue weighted by Crippen LogP contribution is -2.45. The molecule has 83 heavy (non-hydrogen) atoms. The Kier molecular flexibility index (Phi) is 70.4.